The predicted molar refractivity (Wildman–Crippen MR) is 97.3 cm³/mol. The molecule has 0 unspecified atom stereocenters. The van der Waals surface area contributed by atoms with Gasteiger partial charge >= 0.3 is 0 Å². The first-order valence-corrected chi connectivity index (χ1v) is 9.17. The third kappa shape index (κ3) is 3.32. The standard InChI is InChI=1S/C18H19N5OS/c1-11-15(12(2)23(22-11)14-6-4-3-5-7-14)10-16(24)19-18-21-20-17(25-18)13-8-9-13/h3-7,13H,8-10H2,1-2H3,(H,19,21,24). The van der Waals surface area contributed by atoms with Crippen LogP contribution in [0.3, 0.4) is 0 Å². The first-order valence-electron chi connectivity index (χ1n) is 8.35. The van der Waals surface area contributed by atoms with E-state index < -0.39 is 0 Å². The molecule has 25 heavy (non-hydrogen) atoms. The van der Waals surface area contributed by atoms with E-state index in [1.807, 2.05) is 48.9 Å². The van der Waals surface area contributed by atoms with Crippen molar-refractivity contribution in [3.63, 3.8) is 0 Å². The SMILES string of the molecule is Cc1nn(-c2ccccc2)c(C)c1CC(=O)Nc1nnc(C2CC2)s1. The average molecular weight is 353 g/mol. The fourth-order valence-electron chi connectivity index (χ4n) is 2.86. The Morgan fingerprint density at radius 2 is 2.00 bits per heavy atom. The lowest BCUT2D eigenvalue weighted by molar-refractivity contribution is -0.115. The van der Waals surface area contributed by atoms with Crippen molar-refractivity contribution in [3.05, 3.63) is 52.3 Å². The van der Waals surface area contributed by atoms with Crippen molar-refractivity contribution in [1.82, 2.24) is 20.0 Å². The van der Waals surface area contributed by atoms with E-state index in [4.69, 9.17) is 0 Å². The van der Waals surface area contributed by atoms with Gasteiger partial charge in [-0.15, -0.1) is 10.2 Å². The minimum Gasteiger partial charge on any atom is -0.300 e. The molecule has 2 heterocycles. The number of carbonyl (C=O) groups is 1. The van der Waals surface area contributed by atoms with Gasteiger partial charge in [0.2, 0.25) is 11.0 Å². The minimum atomic E-state index is -0.0858. The summed E-state index contributed by atoms with van der Waals surface area (Å²) >= 11 is 1.48. The zero-order chi connectivity index (χ0) is 17.4. The van der Waals surface area contributed by atoms with E-state index >= 15 is 0 Å². The zero-order valence-corrected chi connectivity index (χ0v) is 15.0. The lowest BCUT2D eigenvalue weighted by atomic mass is 10.1. The van der Waals surface area contributed by atoms with Crippen molar-refractivity contribution >= 4 is 22.4 Å². The first kappa shape index (κ1) is 16.0. The van der Waals surface area contributed by atoms with Gasteiger partial charge in [-0.2, -0.15) is 5.10 Å². The number of hydrogen-bond donors (Lipinski definition) is 1. The second-order valence-corrected chi connectivity index (χ2v) is 7.35. The summed E-state index contributed by atoms with van der Waals surface area (Å²) in [6.45, 7) is 3.93. The first-order chi connectivity index (χ1) is 12.1. The van der Waals surface area contributed by atoms with Gasteiger partial charge in [0, 0.05) is 17.2 Å². The summed E-state index contributed by atoms with van der Waals surface area (Å²) in [6.07, 6.45) is 2.64. The topological polar surface area (TPSA) is 72.7 Å². The number of para-hydroxylation sites is 1. The monoisotopic (exact) mass is 353 g/mol. The molecule has 0 bridgehead atoms. The van der Waals surface area contributed by atoms with Gasteiger partial charge in [0.05, 0.1) is 17.8 Å². The summed E-state index contributed by atoms with van der Waals surface area (Å²) in [6, 6.07) is 9.94. The predicted octanol–water partition coefficient (Wildman–Crippen LogP) is 3.40. The van der Waals surface area contributed by atoms with Crippen LogP contribution in [0.4, 0.5) is 5.13 Å². The number of nitrogens with one attached hydrogen (secondary N) is 1. The maximum atomic E-state index is 12.4. The maximum absolute atomic E-state index is 12.4. The quantitative estimate of drug-likeness (QED) is 0.763. The lowest BCUT2D eigenvalue weighted by Gasteiger charge is -2.05. The molecule has 1 aliphatic carbocycles. The third-order valence-corrected chi connectivity index (χ3v) is 5.39. The van der Waals surface area contributed by atoms with E-state index in [1.54, 1.807) is 0 Å². The van der Waals surface area contributed by atoms with Gasteiger partial charge < -0.3 is 5.32 Å². The van der Waals surface area contributed by atoms with Gasteiger partial charge in [-0.05, 0) is 38.8 Å². The van der Waals surface area contributed by atoms with E-state index in [0.29, 0.717) is 11.0 Å². The molecule has 0 saturated heterocycles. The van der Waals surface area contributed by atoms with Crippen LogP contribution in [0.5, 0.6) is 0 Å². The van der Waals surface area contributed by atoms with Crippen LogP contribution in [0.1, 0.15) is 40.7 Å². The molecule has 1 aliphatic rings. The van der Waals surface area contributed by atoms with Crippen LogP contribution in [0.2, 0.25) is 0 Å². The summed E-state index contributed by atoms with van der Waals surface area (Å²) in [5.74, 6) is 0.467. The summed E-state index contributed by atoms with van der Waals surface area (Å²) in [4.78, 5) is 12.4. The van der Waals surface area contributed by atoms with Gasteiger partial charge in [0.25, 0.3) is 0 Å². The molecule has 1 N–H and O–H groups in total. The summed E-state index contributed by atoms with van der Waals surface area (Å²) in [7, 11) is 0. The molecule has 0 spiro atoms. The number of amides is 1. The summed E-state index contributed by atoms with van der Waals surface area (Å²) in [5, 5.41) is 17.3. The van der Waals surface area contributed by atoms with Crippen molar-refractivity contribution < 1.29 is 4.79 Å². The molecule has 1 fully saturated rings. The van der Waals surface area contributed by atoms with E-state index in [9.17, 15) is 4.79 Å². The van der Waals surface area contributed by atoms with Crippen LogP contribution in [0, 0.1) is 13.8 Å². The van der Waals surface area contributed by atoms with Crippen LogP contribution in [0.15, 0.2) is 30.3 Å². The molecule has 128 valence electrons. The Hall–Kier alpha value is -2.54. The van der Waals surface area contributed by atoms with E-state index in [2.05, 4.69) is 20.6 Å². The van der Waals surface area contributed by atoms with E-state index in [-0.39, 0.29) is 12.3 Å². The molecule has 0 radical (unpaired) electrons. The van der Waals surface area contributed by atoms with Crippen molar-refractivity contribution in [3.8, 4) is 5.69 Å². The highest BCUT2D eigenvalue weighted by Crippen LogP contribution is 2.42. The second-order valence-electron chi connectivity index (χ2n) is 6.34. The fraction of sp³-hybridized carbons (Fsp3) is 0.333. The highest BCUT2D eigenvalue weighted by molar-refractivity contribution is 7.15. The van der Waals surface area contributed by atoms with Crippen LogP contribution in [0.25, 0.3) is 5.69 Å². The lowest BCUT2D eigenvalue weighted by Crippen LogP contribution is -2.15. The summed E-state index contributed by atoms with van der Waals surface area (Å²) < 4.78 is 1.88. The highest BCUT2D eigenvalue weighted by atomic mass is 32.1. The minimum absolute atomic E-state index is 0.0858. The van der Waals surface area contributed by atoms with Crippen LogP contribution < -0.4 is 5.32 Å². The molecule has 7 heteroatoms. The molecule has 2 aromatic heterocycles. The number of benzene rings is 1. The molecule has 0 atom stereocenters. The number of aromatic nitrogens is 4. The highest BCUT2D eigenvalue weighted by Gasteiger charge is 2.27. The van der Waals surface area contributed by atoms with E-state index in [0.717, 1.165) is 27.6 Å². The molecule has 3 aromatic rings. The Morgan fingerprint density at radius 1 is 1.24 bits per heavy atom. The van der Waals surface area contributed by atoms with Gasteiger partial charge in [-0.3, -0.25) is 4.79 Å². The van der Waals surface area contributed by atoms with Crippen LogP contribution in [-0.4, -0.2) is 25.9 Å². The van der Waals surface area contributed by atoms with Crippen molar-refractivity contribution in [1.29, 1.82) is 0 Å². The van der Waals surface area contributed by atoms with E-state index in [1.165, 1.54) is 24.2 Å². The van der Waals surface area contributed by atoms with Crippen molar-refractivity contribution in [2.75, 3.05) is 5.32 Å². The Bertz CT molecular complexity index is 911. The van der Waals surface area contributed by atoms with Crippen LogP contribution >= 0.6 is 11.3 Å². The number of anilines is 1. The Morgan fingerprint density at radius 3 is 2.72 bits per heavy atom. The Kier molecular flexibility index (Phi) is 4.09. The molecular weight excluding hydrogens is 334 g/mol. The molecular formula is C18H19N5OS. The Labute approximate surface area is 149 Å². The smallest absolute Gasteiger partial charge is 0.230 e. The normalized spacial score (nSPS) is 13.8. The molecule has 0 aliphatic heterocycles. The summed E-state index contributed by atoms with van der Waals surface area (Å²) in [5.41, 5.74) is 3.79. The van der Waals surface area contributed by atoms with Crippen molar-refractivity contribution in [2.45, 2.75) is 39.0 Å². The second kappa shape index (κ2) is 6.40. The number of rotatable bonds is 5. The molecule has 4 rings (SSSR count). The number of hydrogen-bond acceptors (Lipinski definition) is 5. The number of nitrogens with zero attached hydrogens (tertiary/aromatic N) is 4. The van der Waals surface area contributed by atoms with Gasteiger partial charge in [0.1, 0.15) is 5.01 Å². The van der Waals surface area contributed by atoms with Gasteiger partial charge in [0.15, 0.2) is 0 Å². The van der Waals surface area contributed by atoms with Gasteiger partial charge in [-0.1, -0.05) is 29.5 Å². The zero-order valence-electron chi connectivity index (χ0n) is 14.2. The fourth-order valence-corrected chi connectivity index (χ4v) is 3.78. The molecule has 6 nitrogen and oxygen atoms in total. The molecule has 1 amide bonds. The molecule has 1 saturated carbocycles. The van der Waals surface area contributed by atoms with Crippen LogP contribution in [-0.2, 0) is 11.2 Å². The Balaban J connectivity index is 1.50. The largest absolute Gasteiger partial charge is 0.300 e. The van der Waals surface area contributed by atoms with Gasteiger partial charge in [-0.25, -0.2) is 4.68 Å². The maximum Gasteiger partial charge on any atom is 0.230 e. The number of aryl methyl sites for hydroxylation is 1. The third-order valence-electron chi connectivity index (χ3n) is 4.39. The molecule has 1 aromatic carbocycles. The average Bonchev–Trinajstić information content (AvgIpc) is 3.31. The van der Waals surface area contributed by atoms with Crippen molar-refractivity contribution in [2.24, 2.45) is 0 Å². The number of carbonyl (C=O) groups excluding carboxylic acids is 1.